The van der Waals surface area contributed by atoms with Crippen LogP contribution < -0.4 is 11.1 Å². The Morgan fingerprint density at radius 3 is 3.06 bits per heavy atom. The predicted octanol–water partition coefficient (Wildman–Crippen LogP) is 0.963. The minimum atomic E-state index is -0.233. The zero-order valence-electron chi connectivity index (χ0n) is 9.90. The fourth-order valence-electron chi connectivity index (χ4n) is 1.87. The molecule has 1 fully saturated rings. The summed E-state index contributed by atoms with van der Waals surface area (Å²) in [6.45, 7) is 3.29. The molecule has 1 unspecified atom stereocenters. The minimum absolute atomic E-state index is 0.193. The van der Waals surface area contributed by atoms with Gasteiger partial charge in [0, 0.05) is 13.2 Å². The summed E-state index contributed by atoms with van der Waals surface area (Å²) in [7, 11) is 0. The van der Waals surface area contributed by atoms with Crippen molar-refractivity contribution < 1.29 is 9.53 Å². The van der Waals surface area contributed by atoms with E-state index in [1.807, 2.05) is 6.92 Å². The molecule has 0 bridgehead atoms. The third-order valence-corrected chi connectivity index (χ3v) is 2.94. The van der Waals surface area contributed by atoms with Gasteiger partial charge in [0.15, 0.2) is 0 Å². The molecule has 1 amide bonds. The second-order valence-electron chi connectivity index (χ2n) is 4.56. The molecule has 0 saturated carbocycles. The number of ether oxygens (including phenoxy) is 1. The normalized spacial score (nSPS) is 23.6. The van der Waals surface area contributed by atoms with Crippen LogP contribution in [0.4, 0.5) is 5.69 Å². The standard InChI is InChI=1S/C12H17N3O2/c1-12(5-2-6-17-12)8-15-11(16)10-4-3-9(13)7-14-10/h3-4,7H,2,5-6,8,13H2,1H3,(H,15,16). The molecule has 1 aliphatic rings. The summed E-state index contributed by atoms with van der Waals surface area (Å²) < 4.78 is 5.59. The molecule has 0 aliphatic carbocycles. The summed E-state index contributed by atoms with van der Waals surface area (Å²) in [5.41, 5.74) is 6.20. The van der Waals surface area contributed by atoms with Crippen LogP contribution in [0.1, 0.15) is 30.3 Å². The van der Waals surface area contributed by atoms with E-state index >= 15 is 0 Å². The van der Waals surface area contributed by atoms with Gasteiger partial charge < -0.3 is 15.8 Å². The number of nitrogens with zero attached hydrogens (tertiary/aromatic N) is 1. The average Bonchev–Trinajstić information content (AvgIpc) is 2.75. The molecule has 5 heteroatoms. The fraction of sp³-hybridized carbons (Fsp3) is 0.500. The number of amides is 1. The van der Waals surface area contributed by atoms with Crippen molar-refractivity contribution in [3.8, 4) is 0 Å². The van der Waals surface area contributed by atoms with Crippen LogP contribution in [0.5, 0.6) is 0 Å². The van der Waals surface area contributed by atoms with Crippen molar-refractivity contribution in [2.45, 2.75) is 25.4 Å². The van der Waals surface area contributed by atoms with Gasteiger partial charge >= 0.3 is 0 Å². The SMILES string of the molecule is CC1(CNC(=O)c2ccc(N)cn2)CCCO1. The van der Waals surface area contributed by atoms with Crippen molar-refractivity contribution in [1.29, 1.82) is 0 Å². The van der Waals surface area contributed by atoms with Crippen molar-refractivity contribution in [3.63, 3.8) is 0 Å². The van der Waals surface area contributed by atoms with Gasteiger partial charge in [0.2, 0.25) is 0 Å². The number of anilines is 1. The van der Waals surface area contributed by atoms with Crippen LogP contribution in [0, 0.1) is 0 Å². The molecule has 2 rings (SSSR count). The average molecular weight is 235 g/mol. The molecule has 0 radical (unpaired) electrons. The van der Waals surface area contributed by atoms with Gasteiger partial charge in [-0.3, -0.25) is 4.79 Å². The van der Waals surface area contributed by atoms with Crippen molar-refractivity contribution in [3.05, 3.63) is 24.0 Å². The molecular weight excluding hydrogens is 218 g/mol. The monoisotopic (exact) mass is 235 g/mol. The smallest absolute Gasteiger partial charge is 0.269 e. The number of nitrogens with one attached hydrogen (secondary N) is 1. The lowest BCUT2D eigenvalue weighted by Crippen LogP contribution is -2.40. The Bertz CT molecular complexity index is 397. The number of carbonyl (C=O) groups is 1. The maximum absolute atomic E-state index is 11.8. The lowest BCUT2D eigenvalue weighted by molar-refractivity contribution is 0.0205. The predicted molar refractivity (Wildman–Crippen MR) is 64.6 cm³/mol. The Balaban J connectivity index is 1.91. The molecule has 5 nitrogen and oxygen atoms in total. The molecule has 3 N–H and O–H groups in total. The van der Waals surface area contributed by atoms with Gasteiger partial charge in [-0.05, 0) is 31.9 Å². The number of aromatic nitrogens is 1. The van der Waals surface area contributed by atoms with Crippen LogP contribution in [0.25, 0.3) is 0 Å². The van der Waals surface area contributed by atoms with Gasteiger partial charge in [-0.1, -0.05) is 0 Å². The van der Waals surface area contributed by atoms with Gasteiger partial charge in [-0.25, -0.2) is 4.98 Å². The first-order chi connectivity index (χ1) is 8.09. The van der Waals surface area contributed by atoms with Crippen molar-refractivity contribution in [2.75, 3.05) is 18.9 Å². The summed E-state index contributed by atoms with van der Waals surface area (Å²) in [6, 6.07) is 3.28. The molecule has 0 spiro atoms. The van der Waals surface area contributed by atoms with Crippen molar-refractivity contribution in [2.24, 2.45) is 0 Å². The number of pyridine rings is 1. The van der Waals surface area contributed by atoms with E-state index in [0.717, 1.165) is 19.4 Å². The van der Waals surface area contributed by atoms with E-state index in [2.05, 4.69) is 10.3 Å². The highest BCUT2D eigenvalue weighted by molar-refractivity contribution is 5.92. The van der Waals surface area contributed by atoms with Crippen molar-refractivity contribution >= 4 is 11.6 Å². The summed E-state index contributed by atoms with van der Waals surface area (Å²) in [4.78, 5) is 15.8. The van der Waals surface area contributed by atoms with Crippen LogP contribution >= 0.6 is 0 Å². The second kappa shape index (κ2) is 4.71. The van der Waals surface area contributed by atoms with Gasteiger partial charge in [0.25, 0.3) is 5.91 Å². The maximum atomic E-state index is 11.8. The fourth-order valence-corrected chi connectivity index (χ4v) is 1.87. The topological polar surface area (TPSA) is 77.2 Å². The number of nitrogen functional groups attached to an aromatic ring is 1. The zero-order chi connectivity index (χ0) is 12.3. The van der Waals surface area contributed by atoms with E-state index in [9.17, 15) is 4.79 Å². The van der Waals surface area contributed by atoms with Gasteiger partial charge in [-0.15, -0.1) is 0 Å². The Labute approximate surface area is 100 Å². The van der Waals surface area contributed by atoms with E-state index in [1.165, 1.54) is 6.20 Å². The minimum Gasteiger partial charge on any atom is -0.397 e. The third-order valence-electron chi connectivity index (χ3n) is 2.94. The number of rotatable bonds is 3. The summed E-state index contributed by atoms with van der Waals surface area (Å²) in [6.07, 6.45) is 3.50. The van der Waals surface area contributed by atoms with E-state index < -0.39 is 0 Å². The van der Waals surface area contributed by atoms with Gasteiger partial charge in [0.05, 0.1) is 17.5 Å². The molecule has 17 heavy (non-hydrogen) atoms. The zero-order valence-corrected chi connectivity index (χ0v) is 9.90. The summed E-state index contributed by atoms with van der Waals surface area (Å²) in [5.74, 6) is -0.193. The Kier molecular flexibility index (Phi) is 3.28. The maximum Gasteiger partial charge on any atom is 0.269 e. The molecular formula is C12H17N3O2. The van der Waals surface area contributed by atoms with Crippen LogP contribution in [0.15, 0.2) is 18.3 Å². The first-order valence-corrected chi connectivity index (χ1v) is 5.73. The van der Waals surface area contributed by atoms with Crippen LogP contribution in [-0.2, 0) is 4.74 Å². The molecule has 2 heterocycles. The largest absolute Gasteiger partial charge is 0.397 e. The van der Waals surface area contributed by atoms with Gasteiger partial charge in [0.1, 0.15) is 5.69 Å². The highest BCUT2D eigenvalue weighted by Gasteiger charge is 2.30. The molecule has 1 saturated heterocycles. The van der Waals surface area contributed by atoms with Gasteiger partial charge in [-0.2, -0.15) is 0 Å². The Hall–Kier alpha value is -1.62. The van der Waals surface area contributed by atoms with Crippen LogP contribution in [0.2, 0.25) is 0 Å². The Morgan fingerprint density at radius 2 is 2.47 bits per heavy atom. The number of carbonyl (C=O) groups excluding carboxylic acids is 1. The number of hydrogen-bond acceptors (Lipinski definition) is 4. The highest BCUT2D eigenvalue weighted by Crippen LogP contribution is 2.23. The molecule has 1 atom stereocenters. The third kappa shape index (κ3) is 2.94. The van der Waals surface area contributed by atoms with Crippen LogP contribution in [0.3, 0.4) is 0 Å². The van der Waals surface area contributed by atoms with E-state index in [-0.39, 0.29) is 11.5 Å². The molecule has 1 aliphatic heterocycles. The lowest BCUT2D eigenvalue weighted by Gasteiger charge is -2.23. The molecule has 92 valence electrons. The lowest BCUT2D eigenvalue weighted by atomic mass is 10.0. The first kappa shape index (κ1) is 11.9. The molecule has 0 aromatic carbocycles. The van der Waals surface area contributed by atoms with Crippen LogP contribution in [-0.4, -0.2) is 29.6 Å². The first-order valence-electron chi connectivity index (χ1n) is 5.73. The molecule has 1 aromatic rings. The van der Waals surface area contributed by atoms with Crippen molar-refractivity contribution in [1.82, 2.24) is 10.3 Å². The van der Waals surface area contributed by atoms with E-state index in [0.29, 0.717) is 17.9 Å². The quantitative estimate of drug-likeness (QED) is 0.818. The summed E-state index contributed by atoms with van der Waals surface area (Å²) in [5, 5.41) is 2.83. The highest BCUT2D eigenvalue weighted by atomic mass is 16.5. The summed E-state index contributed by atoms with van der Waals surface area (Å²) >= 11 is 0. The number of hydrogen-bond donors (Lipinski definition) is 2. The molecule has 1 aromatic heterocycles. The number of nitrogens with two attached hydrogens (primary N) is 1. The van der Waals surface area contributed by atoms with E-state index in [4.69, 9.17) is 10.5 Å². The van der Waals surface area contributed by atoms with E-state index in [1.54, 1.807) is 12.1 Å². The second-order valence-corrected chi connectivity index (χ2v) is 4.56. The Morgan fingerprint density at radius 1 is 1.65 bits per heavy atom.